The van der Waals surface area contributed by atoms with Gasteiger partial charge in [0.1, 0.15) is 10.6 Å². The summed E-state index contributed by atoms with van der Waals surface area (Å²) >= 11 is 7.18. The van der Waals surface area contributed by atoms with Crippen LogP contribution in [0.4, 0.5) is 5.69 Å². The minimum atomic E-state index is -0.170. The van der Waals surface area contributed by atoms with Gasteiger partial charge in [0.2, 0.25) is 5.78 Å². The number of benzene rings is 1. The molecule has 0 fully saturated rings. The van der Waals surface area contributed by atoms with Crippen LogP contribution in [-0.4, -0.2) is 12.9 Å². The zero-order chi connectivity index (χ0) is 12.4. The van der Waals surface area contributed by atoms with Gasteiger partial charge in [-0.3, -0.25) is 4.79 Å². The summed E-state index contributed by atoms with van der Waals surface area (Å²) in [5.41, 5.74) is 6.59. The fraction of sp³-hybridized carbons (Fsp3) is 0.0833. The van der Waals surface area contributed by atoms with Gasteiger partial charge in [-0.25, -0.2) is 0 Å². The molecule has 1 heterocycles. The molecule has 3 nitrogen and oxygen atoms in total. The van der Waals surface area contributed by atoms with Gasteiger partial charge in [0.05, 0.1) is 7.11 Å². The van der Waals surface area contributed by atoms with E-state index in [-0.39, 0.29) is 5.78 Å². The lowest BCUT2D eigenvalue weighted by atomic mass is 10.1. The van der Waals surface area contributed by atoms with Crippen LogP contribution in [0.25, 0.3) is 0 Å². The molecule has 0 spiro atoms. The second kappa shape index (κ2) is 4.77. The van der Waals surface area contributed by atoms with E-state index in [1.165, 1.54) is 18.4 Å². The van der Waals surface area contributed by atoms with Crippen LogP contribution in [0.5, 0.6) is 5.75 Å². The summed E-state index contributed by atoms with van der Waals surface area (Å²) in [5.74, 6) is 0.385. The van der Waals surface area contributed by atoms with E-state index in [1.54, 1.807) is 29.6 Å². The van der Waals surface area contributed by atoms with Gasteiger partial charge in [0, 0.05) is 16.3 Å². The van der Waals surface area contributed by atoms with Gasteiger partial charge in [-0.1, -0.05) is 11.6 Å². The van der Waals surface area contributed by atoms with E-state index in [1.807, 2.05) is 0 Å². The number of thiophene rings is 1. The maximum absolute atomic E-state index is 12.3. The predicted molar refractivity (Wildman–Crippen MR) is 70.2 cm³/mol. The first-order valence-electron chi connectivity index (χ1n) is 4.84. The number of anilines is 1. The van der Waals surface area contributed by atoms with E-state index in [0.29, 0.717) is 26.9 Å². The largest absolute Gasteiger partial charge is 0.495 e. The zero-order valence-corrected chi connectivity index (χ0v) is 10.6. The molecule has 1 aromatic carbocycles. The number of ketones is 1. The molecule has 5 heteroatoms. The van der Waals surface area contributed by atoms with Crippen LogP contribution in [0.2, 0.25) is 5.02 Å². The second-order valence-corrected chi connectivity index (χ2v) is 4.73. The van der Waals surface area contributed by atoms with Crippen molar-refractivity contribution in [2.45, 2.75) is 0 Å². The fourth-order valence-electron chi connectivity index (χ4n) is 1.47. The molecular formula is C12H10ClNO2S. The summed E-state index contributed by atoms with van der Waals surface area (Å²) < 4.78 is 5.11. The highest BCUT2D eigenvalue weighted by Gasteiger charge is 2.18. The lowest BCUT2D eigenvalue weighted by Gasteiger charge is -2.05. The van der Waals surface area contributed by atoms with Crippen LogP contribution in [0, 0.1) is 0 Å². The van der Waals surface area contributed by atoms with Crippen molar-refractivity contribution in [3.63, 3.8) is 0 Å². The first-order chi connectivity index (χ1) is 8.13. The number of nitrogen functional groups attached to an aromatic ring is 1. The lowest BCUT2D eigenvalue weighted by molar-refractivity contribution is 0.104. The van der Waals surface area contributed by atoms with Crippen LogP contribution in [0.1, 0.15) is 15.2 Å². The highest BCUT2D eigenvalue weighted by atomic mass is 35.5. The Morgan fingerprint density at radius 3 is 2.88 bits per heavy atom. The van der Waals surface area contributed by atoms with Crippen LogP contribution in [0.15, 0.2) is 29.6 Å². The standard InChI is InChI=1S/C12H10ClNO2S/c1-16-10-4-5-17-12(10)11(15)8-6-7(13)2-3-9(8)14/h2-6H,14H2,1H3. The third-order valence-corrected chi connectivity index (χ3v) is 3.44. The molecule has 17 heavy (non-hydrogen) atoms. The van der Waals surface area contributed by atoms with Gasteiger partial charge < -0.3 is 10.5 Å². The normalized spacial score (nSPS) is 10.2. The van der Waals surface area contributed by atoms with E-state index in [0.717, 1.165) is 0 Å². The second-order valence-electron chi connectivity index (χ2n) is 3.38. The van der Waals surface area contributed by atoms with Crippen molar-refractivity contribution in [2.75, 3.05) is 12.8 Å². The molecule has 0 saturated carbocycles. The number of ether oxygens (including phenoxy) is 1. The summed E-state index contributed by atoms with van der Waals surface area (Å²) in [6, 6.07) is 6.59. The topological polar surface area (TPSA) is 52.3 Å². The molecular weight excluding hydrogens is 258 g/mol. The van der Waals surface area contributed by atoms with E-state index in [9.17, 15) is 4.79 Å². The van der Waals surface area contributed by atoms with Gasteiger partial charge in [-0.2, -0.15) is 0 Å². The van der Waals surface area contributed by atoms with Crippen LogP contribution in [0.3, 0.4) is 0 Å². The van der Waals surface area contributed by atoms with Gasteiger partial charge in [0.25, 0.3) is 0 Å². The Labute approximate surface area is 108 Å². The molecule has 0 amide bonds. The third-order valence-electron chi connectivity index (χ3n) is 2.32. The van der Waals surface area contributed by atoms with Crippen molar-refractivity contribution < 1.29 is 9.53 Å². The first kappa shape index (κ1) is 12.0. The molecule has 2 aromatic rings. The molecule has 0 radical (unpaired) electrons. The number of hydrogen-bond acceptors (Lipinski definition) is 4. The number of halogens is 1. The maximum Gasteiger partial charge on any atom is 0.208 e. The third kappa shape index (κ3) is 2.28. The SMILES string of the molecule is COc1ccsc1C(=O)c1cc(Cl)ccc1N. The fourth-order valence-corrected chi connectivity index (χ4v) is 2.46. The number of nitrogens with two attached hydrogens (primary N) is 1. The maximum atomic E-state index is 12.3. The lowest BCUT2D eigenvalue weighted by Crippen LogP contribution is -2.04. The van der Waals surface area contributed by atoms with Crippen LogP contribution >= 0.6 is 22.9 Å². The Hall–Kier alpha value is -1.52. The molecule has 2 rings (SSSR count). The molecule has 0 unspecified atom stereocenters. The molecule has 0 bridgehead atoms. The number of carbonyl (C=O) groups excluding carboxylic acids is 1. The highest BCUT2D eigenvalue weighted by molar-refractivity contribution is 7.12. The molecule has 0 aliphatic carbocycles. The first-order valence-corrected chi connectivity index (χ1v) is 6.10. The van der Waals surface area contributed by atoms with Crippen molar-refractivity contribution in [3.05, 3.63) is 45.1 Å². The van der Waals surface area contributed by atoms with Gasteiger partial charge >= 0.3 is 0 Å². The summed E-state index contributed by atoms with van der Waals surface area (Å²) in [6.07, 6.45) is 0. The Morgan fingerprint density at radius 1 is 1.41 bits per heavy atom. The van der Waals surface area contributed by atoms with Crippen molar-refractivity contribution in [1.82, 2.24) is 0 Å². The van der Waals surface area contributed by atoms with Gasteiger partial charge in [0.15, 0.2) is 0 Å². The number of carbonyl (C=O) groups is 1. The molecule has 2 N–H and O–H groups in total. The minimum absolute atomic E-state index is 0.170. The van der Waals surface area contributed by atoms with Crippen LogP contribution < -0.4 is 10.5 Å². The number of hydrogen-bond donors (Lipinski definition) is 1. The quantitative estimate of drug-likeness (QED) is 0.686. The summed E-state index contributed by atoms with van der Waals surface area (Å²) in [5, 5.41) is 2.28. The monoisotopic (exact) mass is 267 g/mol. The Bertz CT molecular complexity index is 565. The van der Waals surface area contributed by atoms with Crippen molar-refractivity contribution in [1.29, 1.82) is 0 Å². The Kier molecular flexibility index (Phi) is 3.36. The van der Waals surface area contributed by atoms with E-state index in [2.05, 4.69) is 0 Å². The van der Waals surface area contributed by atoms with Crippen molar-refractivity contribution in [3.8, 4) is 5.75 Å². The Balaban J connectivity index is 2.47. The summed E-state index contributed by atoms with van der Waals surface area (Å²) in [7, 11) is 1.53. The average Bonchev–Trinajstić information content (AvgIpc) is 2.79. The number of methoxy groups -OCH3 is 1. The van der Waals surface area contributed by atoms with Gasteiger partial charge in [-0.15, -0.1) is 11.3 Å². The summed E-state index contributed by atoms with van der Waals surface area (Å²) in [4.78, 5) is 12.8. The summed E-state index contributed by atoms with van der Waals surface area (Å²) in [6.45, 7) is 0. The van der Waals surface area contributed by atoms with Crippen molar-refractivity contribution in [2.24, 2.45) is 0 Å². The number of rotatable bonds is 3. The molecule has 1 aromatic heterocycles. The van der Waals surface area contributed by atoms with Crippen molar-refractivity contribution >= 4 is 34.4 Å². The Morgan fingerprint density at radius 2 is 2.18 bits per heavy atom. The van der Waals surface area contributed by atoms with E-state index >= 15 is 0 Å². The minimum Gasteiger partial charge on any atom is -0.495 e. The zero-order valence-electron chi connectivity index (χ0n) is 9.07. The molecule has 0 saturated heterocycles. The average molecular weight is 268 g/mol. The van der Waals surface area contributed by atoms with Gasteiger partial charge in [-0.05, 0) is 29.6 Å². The molecule has 0 aliphatic rings. The van der Waals surface area contributed by atoms with Crippen LogP contribution in [-0.2, 0) is 0 Å². The smallest absolute Gasteiger partial charge is 0.208 e. The highest BCUT2D eigenvalue weighted by Crippen LogP contribution is 2.29. The predicted octanol–water partition coefficient (Wildman–Crippen LogP) is 3.22. The molecule has 0 aliphatic heterocycles. The molecule has 0 atom stereocenters. The molecule has 88 valence electrons. The van der Waals surface area contributed by atoms with E-state index in [4.69, 9.17) is 22.1 Å². The van der Waals surface area contributed by atoms with E-state index < -0.39 is 0 Å².